The first kappa shape index (κ1) is 17.5. The van der Waals surface area contributed by atoms with Crippen molar-refractivity contribution in [1.82, 2.24) is 4.90 Å². The van der Waals surface area contributed by atoms with Crippen molar-refractivity contribution in [2.45, 2.75) is 51.4 Å². The van der Waals surface area contributed by atoms with Crippen LogP contribution < -0.4 is 0 Å². The first-order valence-corrected chi connectivity index (χ1v) is 8.12. The molecule has 1 amide bonds. The van der Waals surface area contributed by atoms with Crippen LogP contribution >= 0.6 is 0 Å². The average Bonchev–Trinajstić information content (AvgIpc) is 2.49. The standard InChI is InChI=1S/C19H29NO/c1-20(2)19(21)17-13-8-6-4-3-5-7-10-14-18-15-11-9-12-16-18/h9,11-13,15-17H,3-8,10,14H2,1-2H3/b17-13+. The molecule has 1 aromatic carbocycles. The Morgan fingerprint density at radius 1 is 0.952 bits per heavy atom. The number of carbonyl (C=O) groups excluding carboxylic acids is 1. The fourth-order valence-corrected chi connectivity index (χ4v) is 2.28. The van der Waals surface area contributed by atoms with Gasteiger partial charge in [-0.15, -0.1) is 0 Å². The molecule has 0 N–H and O–H groups in total. The summed E-state index contributed by atoms with van der Waals surface area (Å²) in [5.74, 6) is 0.0795. The lowest BCUT2D eigenvalue weighted by molar-refractivity contribution is -0.123. The highest BCUT2D eigenvalue weighted by Crippen LogP contribution is 2.10. The summed E-state index contributed by atoms with van der Waals surface area (Å²) in [7, 11) is 3.56. The zero-order valence-corrected chi connectivity index (χ0v) is 13.6. The first-order valence-electron chi connectivity index (χ1n) is 8.12. The minimum Gasteiger partial charge on any atom is -0.345 e. The number of amides is 1. The van der Waals surface area contributed by atoms with Crippen molar-refractivity contribution in [3.8, 4) is 0 Å². The van der Waals surface area contributed by atoms with Crippen LogP contribution in [0.4, 0.5) is 0 Å². The van der Waals surface area contributed by atoms with Gasteiger partial charge in [-0.05, 0) is 37.3 Å². The molecular formula is C19H29NO. The topological polar surface area (TPSA) is 20.3 Å². The number of benzene rings is 1. The highest BCUT2D eigenvalue weighted by molar-refractivity contribution is 5.86. The van der Waals surface area contributed by atoms with Crippen LogP contribution in [0.3, 0.4) is 0 Å². The zero-order chi connectivity index (χ0) is 15.3. The highest BCUT2D eigenvalue weighted by Gasteiger charge is 1.96. The minimum absolute atomic E-state index is 0.0795. The van der Waals surface area contributed by atoms with Crippen LogP contribution in [-0.2, 0) is 11.2 Å². The van der Waals surface area contributed by atoms with Crippen molar-refractivity contribution in [3.05, 3.63) is 48.0 Å². The Kier molecular flexibility index (Phi) is 9.26. The van der Waals surface area contributed by atoms with E-state index in [1.165, 1.54) is 50.5 Å². The van der Waals surface area contributed by atoms with Crippen LogP contribution in [0, 0.1) is 0 Å². The van der Waals surface area contributed by atoms with E-state index in [0.717, 1.165) is 6.42 Å². The minimum atomic E-state index is 0.0795. The number of aryl methyl sites for hydroxylation is 1. The van der Waals surface area contributed by atoms with Crippen LogP contribution in [0.5, 0.6) is 0 Å². The van der Waals surface area contributed by atoms with Gasteiger partial charge in [0.05, 0.1) is 0 Å². The molecule has 1 rings (SSSR count). The molecule has 0 unspecified atom stereocenters. The number of carbonyl (C=O) groups is 1. The van der Waals surface area contributed by atoms with Gasteiger partial charge in [0.25, 0.3) is 0 Å². The molecule has 0 spiro atoms. The van der Waals surface area contributed by atoms with Gasteiger partial charge in [-0.2, -0.15) is 0 Å². The maximum Gasteiger partial charge on any atom is 0.245 e. The Balaban J connectivity index is 1.90. The summed E-state index contributed by atoms with van der Waals surface area (Å²) in [6, 6.07) is 10.7. The van der Waals surface area contributed by atoms with E-state index in [9.17, 15) is 4.79 Å². The second kappa shape index (κ2) is 11.1. The number of hydrogen-bond acceptors (Lipinski definition) is 1. The number of nitrogens with zero attached hydrogens (tertiary/aromatic N) is 1. The summed E-state index contributed by atoms with van der Waals surface area (Å²) in [4.78, 5) is 12.9. The van der Waals surface area contributed by atoms with E-state index < -0.39 is 0 Å². The molecule has 0 aliphatic carbocycles. The summed E-state index contributed by atoms with van der Waals surface area (Å²) in [5.41, 5.74) is 1.45. The fourth-order valence-electron chi connectivity index (χ4n) is 2.28. The maximum atomic E-state index is 11.3. The molecule has 0 heterocycles. The van der Waals surface area contributed by atoms with Gasteiger partial charge >= 0.3 is 0 Å². The van der Waals surface area contributed by atoms with Crippen LogP contribution in [0.25, 0.3) is 0 Å². The maximum absolute atomic E-state index is 11.3. The molecule has 1 aromatic rings. The van der Waals surface area contributed by atoms with Crippen molar-refractivity contribution >= 4 is 5.91 Å². The van der Waals surface area contributed by atoms with E-state index in [2.05, 4.69) is 30.3 Å². The van der Waals surface area contributed by atoms with E-state index in [-0.39, 0.29) is 5.91 Å². The summed E-state index contributed by atoms with van der Waals surface area (Å²) in [6.07, 6.45) is 13.6. The van der Waals surface area contributed by atoms with E-state index in [1.807, 2.05) is 6.08 Å². The number of allylic oxidation sites excluding steroid dienone is 1. The molecule has 0 aliphatic heterocycles. The van der Waals surface area contributed by atoms with Crippen molar-refractivity contribution in [3.63, 3.8) is 0 Å². The van der Waals surface area contributed by atoms with Gasteiger partial charge in [-0.25, -0.2) is 0 Å². The van der Waals surface area contributed by atoms with Gasteiger partial charge in [0.15, 0.2) is 0 Å². The molecule has 21 heavy (non-hydrogen) atoms. The molecule has 0 aliphatic rings. The summed E-state index contributed by atoms with van der Waals surface area (Å²) >= 11 is 0. The van der Waals surface area contributed by atoms with Crippen LogP contribution in [-0.4, -0.2) is 24.9 Å². The average molecular weight is 287 g/mol. The summed E-state index contributed by atoms with van der Waals surface area (Å²) < 4.78 is 0. The summed E-state index contributed by atoms with van der Waals surface area (Å²) in [5, 5.41) is 0. The smallest absolute Gasteiger partial charge is 0.245 e. The predicted molar refractivity (Wildman–Crippen MR) is 90.3 cm³/mol. The first-order chi connectivity index (χ1) is 10.2. The molecule has 0 bridgehead atoms. The summed E-state index contributed by atoms with van der Waals surface area (Å²) in [6.45, 7) is 0. The largest absolute Gasteiger partial charge is 0.345 e. The predicted octanol–water partition coefficient (Wildman–Crippen LogP) is 4.60. The molecule has 0 fully saturated rings. The second-order valence-corrected chi connectivity index (χ2v) is 5.78. The van der Waals surface area contributed by atoms with E-state index >= 15 is 0 Å². The SMILES string of the molecule is CN(C)C(=O)/C=C/CCCCCCCCc1ccccc1. The van der Waals surface area contributed by atoms with Gasteiger partial charge in [-0.1, -0.05) is 62.1 Å². The fraction of sp³-hybridized carbons (Fsp3) is 0.526. The molecule has 0 radical (unpaired) electrons. The Morgan fingerprint density at radius 2 is 1.57 bits per heavy atom. The lowest BCUT2D eigenvalue weighted by Gasteiger charge is -2.05. The molecule has 0 saturated carbocycles. The van der Waals surface area contributed by atoms with Gasteiger partial charge in [0.2, 0.25) is 5.91 Å². The second-order valence-electron chi connectivity index (χ2n) is 5.78. The van der Waals surface area contributed by atoms with Crippen molar-refractivity contribution in [1.29, 1.82) is 0 Å². The van der Waals surface area contributed by atoms with Crippen molar-refractivity contribution in [2.75, 3.05) is 14.1 Å². The zero-order valence-electron chi connectivity index (χ0n) is 13.6. The Bertz CT molecular complexity index is 409. The molecule has 116 valence electrons. The van der Waals surface area contributed by atoms with Crippen molar-refractivity contribution in [2.24, 2.45) is 0 Å². The normalized spacial score (nSPS) is 11.0. The number of unbranched alkanes of at least 4 members (excludes halogenated alkanes) is 6. The van der Waals surface area contributed by atoms with E-state index in [0.29, 0.717) is 0 Å². The third-order valence-electron chi connectivity index (χ3n) is 3.63. The Morgan fingerprint density at radius 3 is 2.24 bits per heavy atom. The molecular weight excluding hydrogens is 258 g/mol. The lowest BCUT2D eigenvalue weighted by atomic mass is 10.0. The van der Waals surface area contributed by atoms with Crippen molar-refractivity contribution < 1.29 is 4.79 Å². The van der Waals surface area contributed by atoms with Crippen LogP contribution in [0.1, 0.15) is 50.5 Å². The molecule has 2 nitrogen and oxygen atoms in total. The number of likely N-dealkylation sites (N-methyl/N-ethyl adjacent to an activating group) is 1. The highest BCUT2D eigenvalue weighted by atomic mass is 16.2. The molecule has 2 heteroatoms. The number of hydrogen-bond donors (Lipinski definition) is 0. The van der Waals surface area contributed by atoms with E-state index in [1.54, 1.807) is 25.1 Å². The van der Waals surface area contributed by atoms with Gasteiger partial charge in [0.1, 0.15) is 0 Å². The molecule has 0 atom stereocenters. The third-order valence-corrected chi connectivity index (χ3v) is 3.63. The quantitative estimate of drug-likeness (QED) is 0.455. The van der Waals surface area contributed by atoms with Crippen LogP contribution in [0.15, 0.2) is 42.5 Å². The molecule has 0 aromatic heterocycles. The third kappa shape index (κ3) is 9.06. The van der Waals surface area contributed by atoms with E-state index in [4.69, 9.17) is 0 Å². The van der Waals surface area contributed by atoms with Gasteiger partial charge in [0, 0.05) is 14.1 Å². The lowest BCUT2D eigenvalue weighted by Crippen LogP contribution is -2.18. The monoisotopic (exact) mass is 287 g/mol. The Labute approximate surface area is 129 Å². The number of rotatable bonds is 10. The van der Waals surface area contributed by atoms with Crippen LogP contribution in [0.2, 0.25) is 0 Å². The molecule has 0 saturated heterocycles. The van der Waals surface area contributed by atoms with Gasteiger partial charge < -0.3 is 4.90 Å². The Hall–Kier alpha value is -1.57. The van der Waals surface area contributed by atoms with Gasteiger partial charge in [-0.3, -0.25) is 4.79 Å².